The van der Waals surface area contributed by atoms with Gasteiger partial charge in [0.25, 0.3) is 17.7 Å². The Bertz CT molecular complexity index is 1590. The first-order valence-corrected chi connectivity index (χ1v) is 14.1. The Kier molecular flexibility index (Phi) is 5.38. The van der Waals surface area contributed by atoms with E-state index in [1.54, 1.807) is 6.07 Å². The second-order valence-electron chi connectivity index (χ2n) is 11.2. The Morgan fingerprint density at radius 2 is 1.72 bits per heavy atom. The number of imide groups is 2. The van der Waals surface area contributed by atoms with E-state index in [1.165, 1.54) is 4.90 Å². The first kappa shape index (κ1) is 24.0. The molecule has 1 N–H and O–H groups in total. The van der Waals surface area contributed by atoms with Gasteiger partial charge in [-0.25, -0.2) is 0 Å². The second-order valence-corrected chi connectivity index (χ2v) is 11.2. The number of rotatable bonds is 7. The summed E-state index contributed by atoms with van der Waals surface area (Å²) in [6, 6.07) is 3.63. The number of benzene rings is 1. The summed E-state index contributed by atoms with van der Waals surface area (Å²) in [6.45, 7) is 4.23. The molecule has 6 aliphatic rings. The van der Waals surface area contributed by atoms with E-state index in [9.17, 15) is 19.2 Å². The highest BCUT2D eigenvalue weighted by Gasteiger charge is 2.48. The summed E-state index contributed by atoms with van der Waals surface area (Å²) in [6.07, 6.45) is 17.5. The number of fused-ring (bicyclic) bond motifs is 1. The van der Waals surface area contributed by atoms with Crippen LogP contribution in [0, 0.1) is 5.92 Å². The van der Waals surface area contributed by atoms with Gasteiger partial charge in [-0.05, 0) is 70.0 Å². The van der Waals surface area contributed by atoms with Crippen molar-refractivity contribution in [2.24, 2.45) is 5.92 Å². The molecule has 0 radical (unpaired) electrons. The lowest BCUT2D eigenvalue weighted by Gasteiger charge is -2.44. The van der Waals surface area contributed by atoms with Gasteiger partial charge in [0.2, 0.25) is 5.91 Å². The molecular formula is C33H30N2O4. The monoisotopic (exact) mass is 518 g/mol. The molecule has 0 saturated heterocycles. The van der Waals surface area contributed by atoms with E-state index in [0.717, 1.165) is 77.5 Å². The molecule has 0 bridgehead atoms. The average molecular weight is 519 g/mol. The molecule has 6 nitrogen and oxygen atoms in total. The van der Waals surface area contributed by atoms with Gasteiger partial charge < -0.3 is 0 Å². The van der Waals surface area contributed by atoms with Crippen LogP contribution in [0.25, 0.3) is 11.1 Å². The third-order valence-corrected chi connectivity index (χ3v) is 9.14. The lowest BCUT2D eigenvalue weighted by atomic mass is 9.61. The van der Waals surface area contributed by atoms with Crippen LogP contribution in [0.5, 0.6) is 0 Å². The van der Waals surface area contributed by atoms with E-state index in [0.29, 0.717) is 16.7 Å². The summed E-state index contributed by atoms with van der Waals surface area (Å²) in [5.41, 5.74) is 8.09. The van der Waals surface area contributed by atoms with Crippen molar-refractivity contribution in [2.45, 2.75) is 64.3 Å². The van der Waals surface area contributed by atoms with Gasteiger partial charge in [-0.2, -0.15) is 0 Å². The molecule has 7 rings (SSSR count). The summed E-state index contributed by atoms with van der Waals surface area (Å²) in [4.78, 5) is 54.7. The molecule has 1 aromatic rings. The van der Waals surface area contributed by atoms with E-state index in [2.05, 4.69) is 12.2 Å². The fraction of sp³-hybridized carbons (Fsp3) is 0.333. The average Bonchev–Trinajstić information content (AvgIpc) is 2.95. The van der Waals surface area contributed by atoms with Crippen molar-refractivity contribution < 1.29 is 19.2 Å². The molecule has 2 aliphatic heterocycles. The molecule has 3 unspecified atom stereocenters. The number of hydrogen-bond acceptors (Lipinski definition) is 4. The molecule has 4 amide bonds. The van der Waals surface area contributed by atoms with Crippen molar-refractivity contribution in [3.05, 3.63) is 93.1 Å². The predicted octanol–water partition coefficient (Wildman–Crippen LogP) is 5.30. The van der Waals surface area contributed by atoms with Crippen LogP contribution in [-0.2, 0) is 14.4 Å². The molecule has 0 fully saturated rings. The van der Waals surface area contributed by atoms with Crippen LogP contribution in [0.1, 0.15) is 85.3 Å². The van der Waals surface area contributed by atoms with Crippen molar-refractivity contribution in [1.82, 2.24) is 10.2 Å². The van der Waals surface area contributed by atoms with E-state index in [4.69, 9.17) is 0 Å². The zero-order valence-electron chi connectivity index (χ0n) is 22.2. The Morgan fingerprint density at radius 3 is 2.51 bits per heavy atom. The summed E-state index contributed by atoms with van der Waals surface area (Å²) in [5, 5.41) is 2.47. The van der Waals surface area contributed by atoms with Gasteiger partial charge in [0.1, 0.15) is 0 Å². The van der Waals surface area contributed by atoms with Crippen LogP contribution < -0.4 is 5.32 Å². The topological polar surface area (TPSA) is 83.6 Å². The van der Waals surface area contributed by atoms with Gasteiger partial charge in [-0.1, -0.05) is 69.9 Å². The molecule has 3 atom stereocenters. The number of nitrogens with one attached hydrogen (secondary N) is 1. The van der Waals surface area contributed by atoms with Crippen molar-refractivity contribution in [2.75, 3.05) is 0 Å². The predicted molar refractivity (Wildman–Crippen MR) is 148 cm³/mol. The number of allylic oxidation sites excluding steroid dienone is 7. The quantitative estimate of drug-likeness (QED) is 0.392. The molecular weight excluding hydrogens is 488 g/mol. The van der Waals surface area contributed by atoms with E-state index in [-0.39, 0.29) is 35.6 Å². The highest BCUT2D eigenvalue weighted by atomic mass is 16.2. The first-order chi connectivity index (χ1) is 19.0. The van der Waals surface area contributed by atoms with Crippen molar-refractivity contribution in [1.29, 1.82) is 0 Å². The number of unbranched alkanes of at least 4 members (excludes halogenated alkanes) is 3. The summed E-state index contributed by atoms with van der Waals surface area (Å²) in [7, 11) is 0. The molecule has 0 aromatic heterocycles. The SMILES string of the molecule is CCCCCCC(CC)N1C(=O)C2=CC=C3c4ccc5c6c4C(=C4C=CC(=C2C34)C1=O)C=CC6C(=O)NC5=O. The van der Waals surface area contributed by atoms with Crippen LogP contribution in [0.2, 0.25) is 0 Å². The van der Waals surface area contributed by atoms with Crippen molar-refractivity contribution >= 4 is 34.8 Å². The van der Waals surface area contributed by atoms with Gasteiger partial charge >= 0.3 is 0 Å². The molecule has 0 saturated carbocycles. The number of nitrogens with zero attached hydrogens (tertiary/aromatic N) is 1. The van der Waals surface area contributed by atoms with Crippen LogP contribution in [0.15, 0.2) is 70.9 Å². The lowest BCUT2D eigenvalue weighted by Crippen LogP contribution is -2.50. The number of carbonyl (C=O) groups excluding carboxylic acids is 4. The highest BCUT2D eigenvalue weighted by molar-refractivity contribution is 6.21. The Labute approximate surface area is 227 Å². The van der Waals surface area contributed by atoms with Gasteiger partial charge in [-0.3, -0.25) is 29.4 Å². The Hall–Kier alpha value is -4.06. The maximum Gasteiger partial charge on any atom is 0.261 e. The fourth-order valence-electron chi connectivity index (χ4n) is 7.28. The normalized spacial score (nSPS) is 24.4. The molecule has 196 valence electrons. The Balaban J connectivity index is 1.37. The zero-order chi connectivity index (χ0) is 27.0. The maximum absolute atomic E-state index is 13.9. The van der Waals surface area contributed by atoms with Crippen LogP contribution in [0.4, 0.5) is 0 Å². The maximum atomic E-state index is 13.9. The smallest absolute Gasteiger partial charge is 0.261 e. The lowest BCUT2D eigenvalue weighted by molar-refractivity contribution is -0.143. The molecule has 4 aliphatic carbocycles. The molecule has 6 heteroatoms. The van der Waals surface area contributed by atoms with Crippen LogP contribution in [-0.4, -0.2) is 34.6 Å². The highest BCUT2D eigenvalue weighted by Crippen LogP contribution is 2.56. The van der Waals surface area contributed by atoms with Crippen LogP contribution in [0.3, 0.4) is 0 Å². The first-order valence-electron chi connectivity index (χ1n) is 14.1. The van der Waals surface area contributed by atoms with Crippen molar-refractivity contribution in [3.8, 4) is 0 Å². The molecule has 0 spiro atoms. The molecule has 39 heavy (non-hydrogen) atoms. The standard InChI is InChI=1S/C33H30N2O4/c1-3-5-6-7-8-17(4-2)35-32(38)24-15-11-20-18-9-13-22-28-23(31(37)34-30(22)36)14-10-19(26(18)28)21-12-16-25(33(35)39)29(24)27(20)21/h9-17,22,27H,3-8H2,1-2H3,(H,34,36,37). The van der Waals surface area contributed by atoms with Gasteiger partial charge in [0.15, 0.2) is 0 Å². The minimum absolute atomic E-state index is 0.115. The van der Waals surface area contributed by atoms with Gasteiger partial charge in [0.05, 0.1) is 5.92 Å². The molecule has 1 aromatic carbocycles. The summed E-state index contributed by atoms with van der Waals surface area (Å²) >= 11 is 0. The van der Waals surface area contributed by atoms with E-state index >= 15 is 0 Å². The third kappa shape index (κ3) is 3.20. The van der Waals surface area contributed by atoms with Gasteiger partial charge in [-0.15, -0.1) is 0 Å². The van der Waals surface area contributed by atoms with Gasteiger partial charge in [0, 0.05) is 28.7 Å². The zero-order valence-corrected chi connectivity index (χ0v) is 22.2. The molecule has 2 heterocycles. The Morgan fingerprint density at radius 1 is 0.897 bits per heavy atom. The third-order valence-electron chi connectivity index (χ3n) is 9.14. The van der Waals surface area contributed by atoms with E-state index < -0.39 is 5.92 Å². The number of amides is 4. The minimum Gasteiger partial charge on any atom is -0.291 e. The summed E-state index contributed by atoms with van der Waals surface area (Å²) in [5.74, 6) is -1.83. The number of hydrogen-bond donors (Lipinski definition) is 1. The largest absolute Gasteiger partial charge is 0.291 e. The number of carbonyl (C=O) groups is 4. The fourth-order valence-corrected chi connectivity index (χ4v) is 7.28. The van der Waals surface area contributed by atoms with Crippen LogP contribution >= 0.6 is 0 Å². The second kappa shape index (κ2) is 8.73. The minimum atomic E-state index is -0.513. The summed E-state index contributed by atoms with van der Waals surface area (Å²) < 4.78 is 0. The van der Waals surface area contributed by atoms with E-state index in [1.807, 2.05) is 49.4 Å². The van der Waals surface area contributed by atoms with Crippen molar-refractivity contribution in [3.63, 3.8) is 0 Å².